The van der Waals surface area contributed by atoms with Crippen LogP contribution in [0.2, 0.25) is 0 Å². The van der Waals surface area contributed by atoms with E-state index in [1.165, 1.54) is 16.8 Å². The summed E-state index contributed by atoms with van der Waals surface area (Å²) < 4.78 is 39.5. The summed E-state index contributed by atoms with van der Waals surface area (Å²) in [5, 5.41) is 14.1. The van der Waals surface area contributed by atoms with Crippen LogP contribution in [0.25, 0.3) is 5.69 Å². The minimum absolute atomic E-state index is 0.0662. The first-order valence-electron chi connectivity index (χ1n) is 7.30. The van der Waals surface area contributed by atoms with Gasteiger partial charge in [-0.05, 0) is 44.0 Å². The van der Waals surface area contributed by atoms with E-state index in [0.717, 1.165) is 12.1 Å². The van der Waals surface area contributed by atoms with Gasteiger partial charge in [0.05, 0.1) is 17.4 Å². The summed E-state index contributed by atoms with van der Waals surface area (Å²) in [5.74, 6) is 1.08. The van der Waals surface area contributed by atoms with E-state index >= 15 is 0 Å². The molecular formula is C15H17F3N4O. The maximum absolute atomic E-state index is 12.7. The van der Waals surface area contributed by atoms with Crippen LogP contribution in [-0.4, -0.2) is 32.0 Å². The first kappa shape index (κ1) is 15.9. The lowest BCUT2D eigenvalue weighted by molar-refractivity contribution is -0.137. The predicted octanol–water partition coefficient (Wildman–Crippen LogP) is 2.16. The first-order chi connectivity index (χ1) is 10.8. The van der Waals surface area contributed by atoms with Gasteiger partial charge in [0, 0.05) is 12.0 Å². The Hall–Kier alpha value is -1.93. The van der Waals surface area contributed by atoms with E-state index in [4.69, 9.17) is 5.73 Å². The molecule has 23 heavy (non-hydrogen) atoms. The second kappa shape index (κ2) is 5.61. The van der Waals surface area contributed by atoms with Gasteiger partial charge in [0.1, 0.15) is 11.6 Å². The highest BCUT2D eigenvalue weighted by molar-refractivity contribution is 5.36. The Labute approximate surface area is 130 Å². The van der Waals surface area contributed by atoms with Crippen molar-refractivity contribution in [2.75, 3.05) is 0 Å². The van der Waals surface area contributed by atoms with E-state index in [9.17, 15) is 18.3 Å². The van der Waals surface area contributed by atoms with Crippen molar-refractivity contribution in [3.63, 3.8) is 0 Å². The third kappa shape index (κ3) is 3.09. The van der Waals surface area contributed by atoms with Crippen molar-refractivity contribution in [1.29, 1.82) is 0 Å². The maximum atomic E-state index is 12.7. The number of aromatic nitrogens is 3. The van der Waals surface area contributed by atoms with Crippen molar-refractivity contribution < 1.29 is 18.3 Å². The van der Waals surface area contributed by atoms with Gasteiger partial charge < -0.3 is 10.8 Å². The molecule has 0 radical (unpaired) electrons. The monoisotopic (exact) mass is 326 g/mol. The molecule has 1 fully saturated rings. The number of hydrogen-bond acceptors (Lipinski definition) is 4. The zero-order valence-corrected chi connectivity index (χ0v) is 12.5. The van der Waals surface area contributed by atoms with Crippen molar-refractivity contribution in [3.05, 3.63) is 41.5 Å². The third-order valence-electron chi connectivity index (χ3n) is 4.12. The topological polar surface area (TPSA) is 77.0 Å². The largest absolute Gasteiger partial charge is 0.416 e. The molecule has 0 saturated heterocycles. The van der Waals surface area contributed by atoms with Crippen LogP contribution >= 0.6 is 0 Å². The Balaban J connectivity index is 1.95. The summed E-state index contributed by atoms with van der Waals surface area (Å²) >= 11 is 0. The smallest absolute Gasteiger partial charge is 0.391 e. The summed E-state index contributed by atoms with van der Waals surface area (Å²) in [6.45, 7) is 1.72. The van der Waals surface area contributed by atoms with Crippen molar-refractivity contribution in [3.8, 4) is 5.69 Å². The number of benzene rings is 1. The fourth-order valence-electron chi connectivity index (χ4n) is 2.94. The highest BCUT2D eigenvalue weighted by Gasteiger charge is 2.35. The molecule has 3 N–H and O–H groups in total. The standard InChI is InChI=1S/C15H17F3N4O/c1-8-20-14(9-6-12(19)13(23)7-9)22(21-8)11-4-2-10(3-5-11)15(16,17)18/h2-5,9,12-13,23H,6-7,19H2,1H3/t9-,12-,13-/m0/s1. The highest BCUT2D eigenvalue weighted by Crippen LogP contribution is 2.34. The lowest BCUT2D eigenvalue weighted by atomic mass is 10.1. The lowest BCUT2D eigenvalue weighted by Crippen LogP contribution is -2.28. The van der Waals surface area contributed by atoms with Crippen molar-refractivity contribution in [2.24, 2.45) is 5.73 Å². The minimum Gasteiger partial charge on any atom is -0.391 e. The van der Waals surface area contributed by atoms with E-state index in [-0.39, 0.29) is 12.0 Å². The predicted molar refractivity (Wildman–Crippen MR) is 77.1 cm³/mol. The Morgan fingerprint density at radius 3 is 2.39 bits per heavy atom. The van der Waals surface area contributed by atoms with Crippen molar-refractivity contribution >= 4 is 0 Å². The quantitative estimate of drug-likeness (QED) is 0.887. The van der Waals surface area contributed by atoms with Crippen LogP contribution in [0.3, 0.4) is 0 Å². The van der Waals surface area contributed by atoms with Crippen LogP contribution in [0.5, 0.6) is 0 Å². The SMILES string of the molecule is Cc1nc([C@H]2C[C@H](N)[C@@H](O)C2)n(-c2ccc(C(F)(F)F)cc2)n1. The first-order valence-corrected chi connectivity index (χ1v) is 7.30. The van der Waals surface area contributed by atoms with Gasteiger partial charge in [0.25, 0.3) is 0 Å². The number of rotatable bonds is 2. The Morgan fingerprint density at radius 1 is 1.22 bits per heavy atom. The number of nitrogens with zero attached hydrogens (tertiary/aromatic N) is 3. The molecule has 0 amide bonds. The molecule has 3 rings (SSSR count). The van der Waals surface area contributed by atoms with Gasteiger partial charge in [0.2, 0.25) is 0 Å². The molecule has 0 aliphatic heterocycles. The number of aliphatic hydroxyl groups excluding tert-OH is 1. The second-order valence-electron chi connectivity index (χ2n) is 5.87. The highest BCUT2D eigenvalue weighted by atomic mass is 19.4. The lowest BCUT2D eigenvalue weighted by Gasteiger charge is -2.12. The molecule has 0 bridgehead atoms. The van der Waals surface area contributed by atoms with Gasteiger partial charge in [-0.1, -0.05) is 0 Å². The molecule has 5 nitrogen and oxygen atoms in total. The van der Waals surface area contributed by atoms with Crippen molar-refractivity contribution in [1.82, 2.24) is 14.8 Å². The van der Waals surface area contributed by atoms with Crippen LogP contribution in [-0.2, 0) is 6.18 Å². The van der Waals surface area contributed by atoms with E-state index in [1.54, 1.807) is 6.92 Å². The summed E-state index contributed by atoms with van der Waals surface area (Å²) in [7, 11) is 0. The average molecular weight is 326 g/mol. The van der Waals surface area contributed by atoms with Crippen molar-refractivity contribution in [2.45, 2.75) is 44.0 Å². The molecule has 2 aromatic rings. The van der Waals surface area contributed by atoms with Crippen LogP contribution in [0, 0.1) is 6.92 Å². The zero-order valence-electron chi connectivity index (χ0n) is 12.5. The number of alkyl halides is 3. The molecule has 1 aromatic heterocycles. The third-order valence-corrected chi connectivity index (χ3v) is 4.12. The number of aryl methyl sites for hydroxylation is 1. The van der Waals surface area contributed by atoms with E-state index in [2.05, 4.69) is 10.1 Å². The number of hydrogen-bond donors (Lipinski definition) is 2. The molecule has 1 heterocycles. The molecule has 0 unspecified atom stereocenters. The van der Waals surface area contributed by atoms with E-state index in [1.807, 2.05) is 0 Å². The number of halogens is 3. The Morgan fingerprint density at radius 2 is 1.87 bits per heavy atom. The van der Waals surface area contributed by atoms with Gasteiger partial charge in [-0.2, -0.15) is 18.3 Å². The van der Waals surface area contributed by atoms with Crippen LogP contribution < -0.4 is 5.73 Å². The molecule has 3 atom stereocenters. The van der Waals surface area contributed by atoms with Gasteiger partial charge in [-0.15, -0.1) is 0 Å². The van der Waals surface area contributed by atoms with E-state index < -0.39 is 17.8 Å². The second-order valence-corrected chi connectivity index (χ2v) is 5.87. The molecule has 1 aliphatic rings. The van der Waals surface area contributed by atoms with Crippen LogP contribution in [0.15, 0.2) is 24.3 Å². The summed E-state index contributed by atoms with van der Waals surface area (Å²) in [6.07, 6.45) is -3.93. The van der Waals surface area contributed by atoms with E-state index in [0.29, 0.717) is 30.2 Å². The maximum Gasteiger partial charge on any atom is 0.416 e. The molecular weight excluding hydrogens is 309 g/mol. The molecule has 1 saturated carbocycles. The summed E-state index contributed by atoms with van der Waals surface area (Å²) in [6, 6.07) is 4.45. The molecule has 8 heteroatoms. The molecule has 1 aromatic carbocycles. The van der Waals surface area contributed by atoms with Gasteiger partial charge in [0.15, 0.2) is 0 Å². The zero-order chi connectivity index (χ0) is 16.8. The average Bonchev–Trinajstić information content (AvgIpc) is 3.02. The Kier molecular flexibility index (Phi) is 3.89. The normalized spacial score (nSPS) is 25.0. The van der Waals surface area contributed by atoms with Gasteiger partial charge in [-0.25, -0.2) is 9.67 Å². The fourth-order valence-corrected chi connectivity index (χ4v) is 2.94. The summed E-state index contributed by atoms with van der Waals surface area (Å²) in [4.78, 5) is 4.37. The molecule has 124 valence electrons. The fraction of sp³-hybridized carbons (Fsp3) is 0.467. The molecule has 1 aliphatic carbocycles. The van der Waals surface area contributed by atoms with Crippen LogP contribution in [0.4, 0.5) is 13.2 Å². The number of nitrogens with two attached hydrogens (primary N) is 1. The van der Waals surface area contributed by atoms with Crippen LogP contribution in [0.1, 0.15) is 36.0 Å². The Bertz CT molecular complexity index is 686. The van der Waals surface area contributed by atoms with Gasteiger partial charge >= 0.3 is 6.18 Å². The summed E-state index contributed by atoms with van der Waals surface area (Å²) in [5.41, 5.74) is 5.63. The minimum atomic E-state index is -4.37. The van der Waals surface area contributed by atoms with Gasteiger partial charge in [-0.3, -0.25) is 0 Å². The number of aliphatic hydroxyl groups is 1. The molecule has 0 spiro atoms.